The molecule has 0 radical (unpaired) electrons. The molecule has 2 aromatic rings. The van der Waals surface area contributed by atoms with Crippen LogP contribution in [0.2, 0.25) is 0 Å². The number of hydrogen-bond donors (Lipinski definition) is 1. The van der Waals surface area contributed by atoms with Crippen LogP contribution in [-0.4, -0.2) is 64.8 Å². The van der Waals surface area contributed by atoms with Crippen molar-refractivity contribution < 1.29 is 14.3 Å². The monoisotopic (exact) mass is 383 g/mol. The maximum absolute atomic E-state index is 12.6. The Kier molecular flexibility index (Phi) is 6.41. The molecule has 2 amide bonds. The van der Waals surface area contributed by atoms with Crippen LogP contribution in [0.1, 0.15) is 29.9 Å². The largest absolute Gasteiger partial charge is 0.450 e. The maximum Gasteiger partial charge on any atom is 0.409 e. The van der Waals surface area contributed by atoms with E-state index in [1.165, 1.54) is 5.56 Å². The number of aryl methyl sites for hydroxylation is 1. The number of piperazine rings is 1. The minimum absolute atomic E-state index is 0.184. The number of hydrogen-bond acceptors (Lipinski definition) is 6. The SMILES string of the molecule is CCOC(=O)N1CCN(C(=O)c2ccc(Nc3ccccc3CC)nn2)CC1. The molecular weight excluding hydrogens is 358 g/mol. The Morgan fingerprint density at radius 2 is 1.71 bits per heavy atom. The molecule has 0 bridgehead atoms. The highest BCUT2D eigenvalue weighted by Crippen LogP contribution is 2.19. The first kappa shape index (κ1) is 19.6. The average Bonchev–Trinajstić information content (AvgIpc) is 2.74. The Morgan fingerprint density at radius 3 is 2.36 bits per heavy atom. The Labute approximate surface area is 164 Å². The third-order valence-electron chi connectivity index (χ3n) is 4.64. The number of rotatable bonds is 5. The van der Waals surface area contributed by atoms with Gasteiger partial charge < -0.3 is 19.9 Å². The molecule has 0 atom stereocenters. The number of ether oxygens (including phenoxy) is 1. The maximum atomic E-state index is 12.6. The molecule has 1 aromatic heterocycles. The Bertz CT molecular complexity index is 817. The van der Waals surface area contributed by atoms with E-state index < -0.39 is 0 Å². The van der Waals surface area contributed by atoms with Crippen LogP contribution >= 0.6 is 0 Å². The summed E-state index contributed by atoms with van der Waals surface area (Å²) in [7, 11) is 0. The molecule has 1 N–H and O–H groups in total. The molecule has 3 rings (SSSR count). The fraction of sp³-hybridized carbons (Fsp3) is 0.400. The zero-order valence-corrected chi connectivity index (χ0v) is 16.2. The standard InChI is InChI=1S/C20H25N5O3/c1-3-15-7-5-6-8-16(15)21-18-10-9-17(22-23-18)19(26)24-11-13-25(14-12-24)20(27)28-4-2/h5-10H,3-4,11-14H2,1-2H3,(H,21,23). The molecule has 8 nitrogen and oxygen atoms in total. The van der Waals surface area contributed by atoms with Crippen LogP contribution in [0.15, 0.2) is 36.4 Å². The second kappa shape index (κ2) is 9.16. The van der Waals surface area contributed by atoms with Crippen LogP contribution < -0.4 is 5.32 Å². The summed E-state index contributed by atoms with van der Waals surface area (Å²) in [4.78, 5) is 27.7. The van der Waals surface area contributed by atoms with Crippen molar-refractivity contribution in [2.24, 2.45) is 0 Å². The van der Waals surface area contributed by atoms with E-state index in [4.69, 9.17) is 4.74 Å². The van der Waals surface area contributed by atoms with Gasteiger partial charge in [-0.2, -0.15) is 0 Å². The average molecular weight is 383 g/mol. The first-order valence-corrected chi connectivity index (χ1v) is 9.52. The van der Waals surface area contributed by atoms with Gasteiger partial charge >= 0.3 is 6.09 Å². The highest BCUT2D eigenvalue weighted by atomic mass is 16.6. The van der Waals surface area contributed by atoms with Crippen LogP contribution in [-0.2, 0) is 11.2 Å². The Hall–Kier alpha value is -3.16. The van der Waals surface area contributed by atoms with Gasteiger partial charge in [0.2, 0.25) is 0 Å². The van der Waals surface area contributed by atoms with Gasteiger partial charge in [-0.25, -0.2) is 4.79 Å². The predicted molar refractivity (Wildman–Crippen MR) is 106 cm³/mol. The first-order valence-electron chi connectivity index (χ1n) is 9.52. The lowest BCUT2D eigenvalue weighted by Gasteiger charge is -2.33. The number of nitrogens with zero attached hydrogens (tertiary/aromatic N) is 4. The van der Waals surface area contributed by atoms with Crippen molar-refractivity contribution in [1.82, 2.24) is 20.0 Å². The number of amides is 2. The molecule has 148 valence electrons. The van der Waals surface area contributed by atoms with E-state index in [9.17, 15) is 9.59 Å². The van der Waals surface area contributed by atoms with Gasteiger partial charge in [-0.05, 0) is 37.1 Å². The lowest BCUT2D eigenvalue weighted by Crippen LogP contribution is -2.50. The van der Waals surface area contributed by atoms with Gasteiger partial charge in [0.1, 0.15) is 0 Å². The minimum Gasteiger partial charge on any atom is -0.450 e. The normalized spacial score (nSPS) is 13.9. The molecular formula is C20H25N5O3. The van der Waals surface area contributed by atoms with Gasteiger partial charge in [0.05, 0.1) is 6.61 Å². The van der Waals surface area contributed by atoms with Crippen molar-refractivity contribution in [3.63, 3.8) is 0 Å². The fourth-order valence-corrected chi connectivity index (χ4v) is 3.07. The number of carbonyl (C=O) groups is 2. The molecule has 0 saturated carbocycles. The van der Waals surface area contributed by atoms with E-state index in [0.717, 1.165) is 12.1 Å². The molecule has 0 unspecified atom stereocenters. The van der Waals surface area contributed by atoms with Crippen molar-refractivity contribution in [3.05, 3.63) is 47.7 Å². The first-order chi connectivity index (χ1) is 13.6. The lowest BCUT2D eigenvalue weighted by molar-refractivity contribution is 0.0565. The molecule has 0 spiro atoms. The molecule has 8 heteroatoms. The van der Waals surface area contributed by atoms with E-state index in [1.807, 2.05) is 18.2 Å². The summed E-state index contributed by atoms with van der Waals surface area (Å²) >= 11 is 0. The highest BCUT2D eigenvalue weighted by Gasteiger charge is 2.26. The topological polar surface area (TPSA) is 87.7 Å². The second-order valence-electron chi connectivity index (χ2n) is 6.42. The van der Waals surface area contributed by atoms with Gasteiger partial charge in [-0.1, -0.05) is 25.1 Å². The van der Waals surface area contributed by atoms with Crippen molar-refractivity contribution in [2.75, 3.05) is 38.1 Å². The predicted octanol–water partition coefficient (Wildman–Crippen LogP) is 2.70. The van der Waals surface area contributed by atoms with Crippen molar-refractivity contribution in [3.8, 4) is 0 Å². The van der Waals surface area contributed by atoms with Gasteiger partial charge in [-0.15, -0.1) is 10.2 Å². The van der Waals surface area contributed by atoms with E-state index >= 15 is 0 Å². The summed E-state index contributed by atoms with van der Waals surface area (Å²) in [6.07, 6.45) is 0.572. The van der Waals surface area contributed by atoms with E-state index in [0.29, 0.717) is 44.3 Å². The smallest absolute Gasteiger partial charge is 0.409 e. The third-order valence-corrected chi connectivity index (χ3v) is 4.64. The zero-order chi connectivity index (χ0) is 19.9. The van der Waals surface area contributed by atoms with Crippen LogP contribution in [0.5, 0.6) is 0 Å². The van der Waals surface area contributed by atoms with Crippen molar-refractivity contribution in [2.45, 2.75) is 20.3 Å². The number of nitrogens with one attached hydrogen (secondary N) is 1. The summed E-state index contributed by atoms with van der Waals surface area (Å²) < 4.78 is 4.99. The van der Waals surface area contributed by atoms with Crippen molar-refractivity contribution in [1.29, 1.82) is 0 Å². The van der Waals surface area contributed by atoms with Crippen LogP contribution in [0.4, 0.5) is 16.3 Å². The van der Waals surface area contributed by atoms with Crippen molar-refractivity contribution >= 4 is 23.5 Å². The lowest BCUT2D eigenvalue weighted by atomic mass is 10.1. The van der Waals surface area contributed by atoms with Crippen LogP contribution in [0.3, 0.4) is 0 Å². The summed E-state index contributed by atoms with van der Waals surface area (Å²) in [5.74, 6) is 0.404. The molecule has 1 aliphatic rings. The number of carbonyl (C=O) groups excluding carboxylic acids is 2. The molecule has 1 fully saturated rings. The molecule has 0 aliphatic carbocycles. The van der Waals surface area contributed by atoms with E-state index in [2.05, 4.69) is 28.5 Å². The fourth-order valence-electron chi connectivity index (χ4n) is 3.07. The number of aromatic nitrogens is 2. The van der Waals surface area contributed by atoms with Crippen LogP contribution in [0, 0.1) is 0 Å². The third kappa shape index (κ3) is 4.57. The second-order valence-corrected chi connectivity index (χ2v) is 6.42. The number of benzene rings is 1. The van der Waals surface area contributed by atoms with Crippen LogP contribution in [0.25, 0.3) is 0 Å². The van der Waals surface area contributed by atoms with E-state index in [-0.39, 0.29) is 12.0 Å². The number of anilines is 2. The molecule has 1 saturated heterocycles. The summed E-state index contributed by atoms with van der Waals surface area (Å²) in [5, 5.41) is 11.5. The minimum atomic E-state index is -0.336. The van der Waals surface area contributed by atoms with Gasteiger partial charge in [0, 0.05) is 31.9 Å². The Balaban J connectivity index is 1.59. The molecule has 1 aromatic carbocycles. The summed E-state index contributed by atoms with van der Waals surface area (Å²) in [6, 6.07) is 11.4. The molecule has 1 aliphatic heterocycles. The Morgan fingerprint density at radius 1 is 1.00 bits per heavy atom. The highest BCUT2D eigenvalue weighted by molar-refractivity contribution is 5.92. The molecule has 2 heterocycles. The quantitative estimate of drug-likeness (QED) is 0.854. The van der Waals surface area contributed by atoms with E-state index in [1.54, 1.807) is 28.9 Å². The molecule has 28 heavy (non-hydrogen) atoms. The summed E-state index contributed by atoms with van der Waals surface area (Å²) in [5.41, 5.74) is 2.45. The zero-order valence-electron chi connectivity index (χ0n) is 16.2. The summed E-state index contributed by atoms with van der Waals surface area (Å²) in [6.45, 7) is 6.01. The number of para-hydroxylation sites is 1. The van der Waals surface area contributed by atoms with Gasteiger partial charge in [0.25, 0.3) is 5.91 Å². The van der Waals surface area contributed by atoms with Gasteiger partial charge in [0.15, 0.2) is 11.5 Å². The van der Waals surface area contributed by atoms with Gasteiger partial charge in [-0.3, -0.25) is 4.79 Å².